The van der Waals surface area contributed by atoms with Crippen molar-refractivity contribution < 1.29 is 0 Å². The lowest BCUT2D eigenvalue weighted by atomic mass is 9.94. The van der Waals surface area contributed by atoms with Gasteiger partial charge in [0, 0.05) is 48.2 Å². The van der Waals surface area contributed by atoms with Crippen molar-refractivity contribution in [3.63, 3.8) is 0 Å². The molecule has 286 valence electrons. The summed E-state index contributed by atoms with van der Waals surface area (Å²) in [5.41, 5.74) is 13.9. The van der Waals surface area contributed by atoms with E-state index in [0.29, 0.717) is 17.5 Å². The second kappa shape index (κ2) is 15.7. The number of pyridine rings is 1. The van der Waals surface area contributed by atoms with Gasteiger partial charge in [0.15, 0.2) is 17.5 Å². The molecule has 3 aromatic heterocycles. The van der Waals surface area contributed by atoms with Crippen LogP contribution in [-0.4, -0.2) is 19.9 Å². The van der Waals surface area contributed by atoms with Gasteiger partial charge in [-0.2, -0.15) is 0 Å². The fourth-order valence-electron chi connectivity index (χ4n) is 8.10. The Morgan fingerprint density at radius 1 is 0.295 bits per heavy atom. The minimum Gasteiger partial charge on any atom is -0.247 e. The molecule has 3 heterocycles. The molecule has 0 spiro atoms. The number of hydrogen-bond donors (Lipinski definition) is 0. The van der Waals surface area contributed by atoms with Crippen molar-refractivity contribution >= 4 is 32.3 Å². The molecule has 0 fully saturated rings. The predicted molar refractivity (Wildman–Crippen MR) is 254 cm³/mol. The molecule has 0 N–H and O–H groups in total. The molecule has 0 radical (unpaired) electrons. The Morgan fingerprint density at radius 2 is 0.672 bits per heavy atom. The Bertz CT molecular complexity index is 3300. The molecular weight excluding hydrogens is 761 g/mol. The van der Waals surface area contributed by atoms with E-state index in [4.69, 9.17) is 19.9 Å². The third-order valence-corrected chi connectivity index (χ3v) is 12.4. The van der Waals surface area contributed by atoms with E-state index in [1.165, 1.54) is 37.2 Å². The summed E-state index contributed by atoms with van der Waals surface area (Å²) < 4.78 is 1.23. The fraction of sp³-hybridized carbons (Fsp3) is 0. The number of thiophene rings is 1. The zero-order valence-electron chi connectivity index (χ0n) is 33.0. The maximum atomic E-state index is 5.50. The molecule has 0 unspecified atom stereocenters. The SMILES string of the molecule is c1ccc(-c2ccc(-c3nc(-c4ccccc4)nc(-c4ccc(-c5ccc6c(c5)nc(-c5ccccc5)c5c(-c7ccccc7)c(-c7ccccc7)sc56)cc4)n3)cc2)cc1. The molecule has 11 rings (SSSR count). The van der Waals surface area contributed by atoms with Crippen LogP contribution in [0.15, 0.2) is 218 Å². The van der Waals surface area contributed by atoms with Crippen molar-refractivity contribution in [3.05, 3.63) is 218 Å². The molecule has 11 aromatic rings. The van der Waals surface area contributed by atoms with E-state index in [0.717, 1.165) is 55.5 Å². The monoisotopic (exact) mass is 796 g/mol. The summed E-state index contributed by atoms with van der Waals surface area (Å²) in [5, 5.41) is 2.33. The van der Waals surface area contributed by atoms with Crippen LogP contribution < -0.4 is 0 Å². The zero-order chi connectivity index (χ0) is 40.5. The maximum Gasteiger partial charge on any atom is 0.164 e. The lowest BCUT2D eigenvalue weighted by Crippen LogP contribution is -2.00. The van der Waals surface area contributed by atoms with Crippen molar-refractivity contribution in [2.45, 2.75) is 0 Å². The molecule has 0 amide bonds. The van der Waals surface area contributed by atoms with Gasteiger partial charge in [-0.3, -0.25) is 0 Å². The molecule has 4 nitrogen and oxygen atoms in total. The summed E-state index contributed by atoms with van der Waals surface area (Å²) in [6.45, 7) is 0. The molecule has 0 aliphatic rings. The van der Waals surface area contributed by atoms with Crippen molar-refractivity contribution in [2.75, 3.05) is 0 Å². The van der Waals surface area contributed by atoms with Crippen LogP contribution in [0.2, 0.25) is 0 Å². The van der Waals surface area contributed by atoms with E-state index in [9.17, 15) is 0 Å². The van der Waals surface area contributed by atoms with Gasteiger partial charge in [-0.1, -0.05) is 212 Å². The van der Waals surface area contributed by atoms with Crippen LogP contribution in [0.25, 0.3) is 110 Å². The molecular formula is C56H36N4S. The first-order chi connectivity index (χ1) is 30.2. The highest BCUT2D eigenvalue weighted by molar-refractivity contribution is 7.24. The van der Waals surface area contributed by atoms with E-state index in [-0.39, 0.29) is 0 Å². The van der Waals surface area contributed by atoms with E-state index < -0.39 is 0 Å². The first-order valence-corrected chi connectivity index (χ1v) is 21.2. The van der Waals surface area contributed by atoms with E-state index in [1.54, 1.807) is 0 Å². The minimum absolute atomic E-state index is 0.624. The van der Waals surface area contributed by atoms with Gasteiger partial charge < -0.3 is 0 Å². The first-order valence-electron chi connectivity index (χ1n) is 20.4. The molecule has 0 saturated carbocycles. The highest BCUT2D eigenvalue weighted by Crippen LogP contribution is 2.50. The van der Waals surface area contributed by atoms with Gasteiger partial charge in [-0.05, 0) is 39.4 Å². The van der Waals surface area contributed by atoms with Gasteiger partial charge in [0.05, 0.1) is 11.2 Å². The fourth-order valence-corrected chi connectivity index (χ4v) is 9.46. The van der Waals surface area contributed by atoms with Crippen LogP contribution in [-0.2, 0) is 0 Å². The van der Waals surface area contributed by atoms with Gasteiger partial charge in [0.25, 0.3) is 0 Å². The molecule has 0 aliphatic carbocycles. The normalized spacial score (nSPS) is 11.3. The van der Waals surface area contributed by atoms with Crippen LogP contribution in [0.3, 0.4) is 0 Å². The van der Waals surface area contributed by atoms with Crippen LogP contribution in [0.4, 0.5) is 0 Å². The second-order valence-corrected chi connectivity index (χ2v) is 16.0. The van der Waals surface area contributed by atoms with Gasteiger partial charge in [0.2, 0.25) is 0 Å². The third-order valence-electron chi connectivity index (χ3n) is 11.2. The number of hydrogen-bond acceptors (Lipinski definition) is 5. The van der Waals surface area contributed by atoms with Crippen molar-refractivity contribution in [1.82, 2.24) is 19.9 Å². The standard InChI is InChI=1S/C56H36N4S/c1-6-16-37(17-7-1)38-26-30-44(31-27-38)55-58-54(43-24-14-5-15-25-43)59-56(60-55)45-32-28-39(29-33-45)46-34-35-47-48(36-46)57-51(41-20-10-3-11-21-41)50-49(40-18-8-2-9-19-40)52(61-53(47)50)42-22-12-4-13-23-42/h1-36H. The van der Waals surface area contributed by atoms with E-state index in [1.807, 2.05) is 47.7 Å². The second-order valence-electron chi connectivity index (χ2n) is 15.0. The average Bonchev–Trinajstić information content (AvgIpc) is 3.76. The summed E-state index contributed by atoms with van der Waals surface area (Å²) in [6.07, 6.45) is 0. The number of benzene rings is 8. The Balaban J connectivity index is 1.01. The lowest BCUT2D eigenvalue weighted by Gasteiger charge is -2.12. The summed E-state index contributed by atoms with van der Waals surface area (Å²) in [5.74, 6) is 1.89. The Hall–Kier alpha value is -7.86. The Labute approximate surface area is 358 Å². The first kappa shape index (κ1) is 36.2. The molecule has 0 atom stereocenters. The zero-order valence-corrected chi connectivity index (χ0v) is 33.8. The lowest BCUT2D eigenvalue weighted by molar-refractivity contribution is 1.07. The summed E-state index contributed by atoms with van der Waals surface area (Å²) in [7, 11) is 0. The molecule has 5 heteroatoms. The van der Waals surface area contributed by atoms with Gasteiger partial charge >= 0.3 is 0 Å². The van der Waals surface area contributed by atoms with Gasteiger partial charge in [0.1, 0.15) is 0 Å². The van der Waals surface area contributed by atoms with Crippen LogP contribution in [0.1, 0.15) is 0 Å². The summed E-state index contributed by atoms with van der Waals surface area (Å²) in [6, 6.07) is 76.2. The maximum absolute atomic E-state index is 5.50. The van der Waals surface area contributed by atoms with E-state index in [2.05, 4.69) is 182 Å². The number of nitrogens with zero attached hydrogens (tertiary/aromatic N) is 4. The van der Waals surface area contributed by atoms with Crippen molar-refractivity contribution in [3.8, 4) is 89.2 Å². The summed E-state index contributed by atoms with van der Waals surface area (Å²) >= 11 is 1.85. The minimum atomic E-state index is 0.624. The molecule has 0 saturated heterocycles. The Morgan fingerprint density at radius 3 is 1.20 bits per heavy atom. The van der Waals surface area contributed by atoms with Gasteiger partial charge in [-0.15, -0.1) is 11.3 Å². The average molecular weight is 797 g/mol. The van der Waals surface area contributed by atoms with Crippen molar-refractivity contribution in [2.24, 2.45) is 0 Å². The predicted octanol–water partition coefficient (Wildman–Crippen LogP) is 15.0. The molecule has 0 bridgehead atoms. The third kappa shape index (κ3) is 6.97. The van der Waals surface area contributed by atoms with E-state index >= 15 is 0 Å². The molecule has 61 heavy (non-hydrogen) atoms. The quantitative estimate of drug-likeness (QED) is 0.154. The number of rotatable bonds is 8. The van der Waals surface area contributed by atoms with Gasteiger partial charge in [-0.25, -0.2) is 19.9 Å². The largest absolute Gasteiger partial charge is 0.247 e. The molecule has 8 aromatic carbocycles. The van der Waals surface area contributed by atoms with Crippen LogP contribution in [0.5, 0.6) is 0 Å². The summed E-state index contributed by atoms with van der Waals surface area (Å²) in [4.78, 5) is 21.7. The number of aromatic nitrogens is 4. The van der Waals surface area contributed by atoms with Crippen molar-refractivity contribution in [1.29, 1.82) is 0 Å². The highest BCUT2D eigenvalue weighted by atomic mass is 32.1. The van der Waals surface area contributed by atoms with Crippen LogP contribution in [0, 0.1) is 0 Å². The molecule has 0 aliphatic heterocycles. The Kier molecular flexibility index (Phi) is 9.34. The van der Waals surface area contributed by atoms with Crippen LogP contribution >= 0.6 is 11.3 Å². The topological polar surface area (TPSA) is 51.6 Å². The smallest absolute Gasteiger partial charge is 0.164 e. The highest BCUT2D eigenvalue weighted by Gasteiger charge is 2.23. The number of fused-ring (bicyclic) bond motifs is 3.